The summed E-state index contributed by atoms with van der Waals surface area (Å²) in [5.41, 5.74) is 0.995. The highest BCUT2D eigenvalue weighted by atomic mass is 35.5. The van der Waals surface area contributed by atoms with E-state index in [4.69, 9.17) is 16.3 Å². The summed E-state index contributed by atoms with van der Waals surface area (Å²) < 4.78 is 5.96. The average Bonchev–Trinajstić information content (AvgIpc) is 3.86. The number of hydrogen-bond acceptors (Lipinski definition) is 6. The highest BCUT2D eigenvalue weighted by molar-refractivity contribution is 6.30. The van der Waals surface area contributed by atoms with Gasteiger partial charge in [0.1, 0.15) is 12.1 Å². The van der Waals surface area contributed by atoms with E-state index in [9.17, 15) is 9.59 Å². The van der Waals surface area contributed by atoms with Crippen molar-refractivity contribution in [2.24, 2.45) is 11.8 Å². The highest BCUT2D eigenvalue weighted by Crippen LogP contribution is 2.40. The van der Waals surface area contributed by atoms with Crippen molar-refractivity contribution in [1.29, 1.82) is 0 Å². The van der Waals surface area contributed by atoms with Gasteiger partial charge in [0.05, 0.1) is 12.0 Å². The van der Waals surface area contributed by atoms with Crippen molar-refractivity contribution in [1.82, 2.24) is 24.5 Å². The van der Waals surface area contributed by atoms with Crippen LogP contribution < -0.4 is 0 Å². The topological polar surface area (TPSA) is 76.6 Å². The van der Waals surface area contributed by atoms with Crippen molar-refractivity contribution in [3.05, 3.63) is 34.9 Å². The molecular weight excluding hydrogens is 626 g/mol. The van der Waals surface area contributed by atoms with Crippen LogP contribution in [0.2, 0.25) is 5.02 Å². The zero-order chi connectivity index (χ0) is 34.2. The molecule has 6 rings (SSSR count). The van der Waals surface area contributed by atoms with Crippen LogP contribution in [0.25, 0.3) is 0 Å². The third kappa shape index (κ3) is 7.59. The van der Waals surface area contributed by atoms with Crippen LogP contribution in [0, 0.1) is 11.8 Å². The Bertz CT molecular complexity index is 1280. The molecule has 4 saturated heterocycles. The molecule has 48 heavy (non-hydrogen) atoms. The summed E-state index contributed by atoms with van der Waals surface area (Å²) in [4.78, 5) is 54.6. The number of nitrogens with zero attached hydrogens (tertiary/aromatic N) is 5. The number of hydrogen-bond donors (Lipinski definition) is 0. The summed E-state index contributed by atoms with van der Waals surface area (Å²) in [5.74, 6) is 0.480. The summed E-state index contributed by atoms with van der Waals surface area (Å²) in [6.07, 6.45) is 5.81. The fourth-order valence-corrected chi connectivity index (χ4v) is 9.09. The van der Waals surface area contributed by atoms with Crippen LogP contribution in [0.15, 0.2) is 24.3 Å². The van der Waals surface area contributed by atoms with Crippen molar-refractivity contribution in [3.8, 4) is 0 Å². The minimum atomic E-state index is -0.576. The minimum Gasteiger partial charge on any atom is -0.368 e. The fourth-order valence-electron chi connectivity index (χ4n) is 8.97. The molecule has 0 N–H and O–H groups in total. The lowest BCUT2D eigenvalue weighted by atomic mass is 9.85. The standard InChI is InChI=1S/C38H58ClN5O4/c1-6-40-17-19-41(20-18-40)36(46)33-22-30(44(29-15-9-26(2)10-16-29)37(47)34-8-7-21-48-34)23-43(33)35(45)32-25-42(38(3,4)5)24-31(32)27-11-13-28(39)14-12-27/h11-14,26,29-34H,6-10,15-25H2,1-5H3/t26?,29?,30-,31-,32+,33-,34?/m0/s1. The SMILES string of the molecule is CCN1CCN(C(=O)[C@@H]2C[C@H](N(C(=O)C3CCCO3)C3CCC(C)CC3)CN2C(=O)[C@@H]2CN(C(C)(C)C)C[C@H]2c2ccc(Cl)cc2)CC1. The largest absolute Gasteiger partial charge is 0.368 e. The number of likely N-dealkylation sites (N-methyl/N-ethyl adjacent to an activating group) is 1. The van der Waals surface area contributed by atoms with Gasteiger partial charge in [-0.05, 0) is 95.9 Å². The van der Waals surface area contributed by atoms with Gasteiger partial charge in [-0.25, -0.2) is 0 Å². The number of carbonyl (C=O) groups is 3. The third-order valence-electron chi connectivity index (χ3n) is 12.1. The van der Waals surface area contributed by atoms with Crippen molar-refractivity contribution in [2.45, 2.75) is 115 Å². The maximum absolute atomic E-state index is 15.0. The Morgan fingerprint density at radius 1 is 0.896 bits per heavy atom. The van der Waals surface area contributed by atoms with Crippen molar-refractivity contribution in [3.63, 3.8) is 0 Å². The second-order valence-electron chi connectivity index (χ2n) is 16.2. The van der Waals surface area contributed by atoms with Crippen molar-refractivity contribution < 1.29 is 19.1 Å². The Balaban J connectivity index is 1.32. The molecule has 1 aromatic rings. The van der Waals surface area contributed by atoms with Gasteiger partial charge in [0.2, 0.25) is 11.8 Å². The number of piperazine rings is 1. The second-order valence-corrected chi connectivity index (χ2v) is 16.6. The third-order valence-corrected chi connectivity index (χ3v) is 12.3. The molecule has 4 aliphatic heterocycles. The summed E-state index contributed by atoms with van der Waals surface area (Å²) >= 11 is 6.29. The van der Waals surface area contributed by atoms with Crippen LogP contribution in [0.4, 0.5) is 0 Å². The molecule has 5 aliphatic rings. The summed E-state index contributed by atoms with van der Waals surface area (Å²) in [6.45, 7) is 17.5. The van der Waals surface area contributed by atoms with Crippen molar-refractivity contribution >= 4 is 29.3 Å². The quantitative estimate of drug-likeness (QED) is 0.408. The van der Waals surface area contributed by atoms with E-state index in [0.717, 1.165) is 70.3 Å². The zero-order valence-electron chi connectivity index (χ0n) is 29.9. The summed E-state index contributed by atoms with van der Waals surface area (Å²) in [7, 11) is 0. The molecule has 5 fully saturated rings. The molecule has 1 aromatic carbocycles. The smallest absolute Gasteiger partial charge is 0.252 e. The van der Waals surface area contributed by atoms with Crippen LogP contribution in [-0.2, 0) is 19.1 Å². The van der Waals surface area contributed by atoms with Crippen LogP contribution in [0.3, 0.4) is 0 Å². The molecule has 0 spiro atoms. The van der Waals surface area contributed by atoms with Gasteiger partial charge in [-0.2, -0.15) is 0 Å². The second kappa shape index (κ2) is 15.0. The van der Waals surface area contributed by atoms with Gasteiger partial charge in [0.15, 0.2) is 0 Å². The van der Waals surface area contributed by atoms with Crippen LogP contribution >= 0.6 is 11.6 Å². The van der Waals surface area contributed by atoms with Gasteiger partial charge in [0, 0.05) is 74.9 Å². The number of amides is 3. The normalized spacial score (nSPS) is 32.2. The molecule has 10 heteroatoms. The number of benzene rings is 1. The number of carbonyl (C=O) groups excluding carboxylic acids is 3. The van der Waals surface area contributed by atoms with E-state index >= 15 is 4.79 Å². The molecule has 0 bridgehead atoms. The first-order valence-electron chi connectivity index (χ1n) is 18.7. The van der Waals surface area contributed by atoms with Gasteiger partial charge in [-0.1, -0.05) is 37.6 Å². The molecule has 5 atom stereocenters. The van der Waals surface area contributed by atoms with E-state index < -0.39 is 12.1 Å². The summed E-state index contributed by atoms with van der Waals surface area (Å²) in [6, 6.07) is 7.25. The molecule has 1 saturated carbocycles. The number of likely N-dealkylation sites (tertiary alicyclic amines) is 2. The Morgan fingerprint density at radius 3 is 2.19 bits per heavy atom. The van der Waals surface area contributed by atoms with Gasteiger partial charge in [0.25, 0.3) is 5.91 Å². The monoisotopic (exact) mass is 683 g/mol. The Labute approximate surface area is 293 Å². The van der Waals surface area contributed by atoms with Gasteiger partial charge >= 0.3 is 0 Å². The van der Waals surface area contributed by atoms with Gasteiger partial charge < -0.3 is 24.3 Å². The van der Waals surface area contributed by atoms with E-state index in [1.165, 1.54) is 0 Å². The Morgan fingerprint density at radius 2 is 1.58 bits per heavy atom. The first kappa shape index (κ1) is 35.6. The number of ether oxygens (including phenoxy) is 1. The maximum atomic E-state index is 15.0. The fraction of sp³-hybridized carbons (Fsp3) is 0.763. The molecule has 0 aromatic heterocycles. The molecule has 1 unspecified atom stereocenters. The van der Waals surface area contributed by atoms with E-state index in [0.29, 0.717) is 50.1 Å². The average molecular weight is 684 g/mol. The van der Waals surface area contributed by atoms with E-state index in [-0.39, 0.29) is 47.2 Å². The van der Waals surface area contributed by atoms with E-state index in [1.54, 1.807) is 0 Å². The maximum Gasteiger partial charge on any atom is 0.252 e. The predicted molar refractivity (Wildman–Crippen MR) is 189 cm³/mol. The van der Waals surface area contributed by atoms with Gasteiger partial charge in [-0.3, -0.25) is 19.3 Å². The molecule has 1 aliphatic carbocycles. The molecule has 9 nitrogen and oxygen atoms in total. The van der Waals surface area contributed by atoms with Gasteiger partial charge in [-0.15, -0.1) is 0 Å². The molecule has 4 heterocycles. The molecule has 0 radical (unpaired) electrons. The molecular formula is C38H58ClN5O4. The van der Waals surface area contributed by atoms with E-state index in [2.05, 4.69) is 49.3 Å². The lowest BCUT2D eigenvalue weighted by Gasteiger charge is -2.41. The van der Waals surface area contributed by atoms with Crippen LogP contribution in [0.1, 0.15) is 91.0 Å². The lowest BCUT2D eigenvalue weighted by molar-refractivity contribution is -0.148. The zero-order valence-corrected chi connectivity index (χ0v) is 30.7. The molecule has 266 valence electrons. The Hall–Kier alpha value is -2.20. The Kier molecular flexibility index (Phi) is 11.1. The first-order valence-corrected chi connectivity index (χ1v) is 19.1. The first-order chi connectivity index (χ1) is 22.9. The number of halogens is 1. The highest BCUT2D eigenvalue weighted by Gasteiger charge is 2.51. The summed E-state index contributed by atoms with van der Waals surface area (Å²) in [5, 5.41) is 0.677. The number of rotatable bonds is 7. The lowest BCUT2D eigenvalue weighted by Crippen LogP contribution is -2.55. The van der Waals surface area contributed by atoms with Crippen LogP contribution in [-0.4, -0.2) is 131 Å². The minimum absolute atomic E-state index is 0.0126. The molecule has 3 amide bonds. The van der Waals surface area contributed by atoms with E-state index in [1.807, 2.05) is 34.1 Å². The van der Waals surface area contributed by atoms with Crippen LogP contribution in [0.5, 0.6) is 0 Å². The predicted octanol–water partition coefficient (Wildman–Crippen LogP) is 4.87. The van der Waals surface area contributed by atoms with Crippen molar-refractivity contribution in [2.75, 3.05) is 59.0 Å².